The van der Waals surface area contributed by atoms with E-state index in [9.17, 15) is 5.11 Å². The highest BCUT2D eigenvalue weighted by atomic mass is 16.3. The summed E-state index contributed by atoms with van der Waals surface area (Å²) < 4.78 is 0. The molecule has 1 heteroatoms. The zero-order valence-corrected chi connectivity index (χ0v) is 17.0. The minimum atomic E-state index is 0.107. The lowest BCUT2D eigenvalue weighted by molar-refractivity contribution is 0.283. The van der Waals surface area contributed by atoms with Crippen molar-refractivity contribution in [2.75, 3.05) is 0 Å². The minimum absolute atomic E-state index is 0.107. The van der Waals surface area contributed by atoms with Crippen molar-refractivity contribution >= 4 is 21.5 Å². The summed E-state index contributed by atoms with van der Waals surface area (Å²) in [5.41, 5.74) is 7.05. The van der Waals surface area contributed by atoms with E-state index >= 15 is 0 Å². The highest BCUT2D eigenvalue weighted by Crippen LogP contribution is 2.55. The first kappa shape index (κ1) is 17.2. The van der Waals surface area contributed by atoms with E-state index in [1.807, 2.05) is 0 Å². The van der Waals surface area contributed by atoms with Crippen LogP contribution in [0, 0.1) is 0 Å². The average Bonchev–Trinajstić information content (AvgIpc) is 3.19. The fourth-order valence-corrected chi connectivity index (χ4v) is 6.35. The molecule has 2 aliphatic carbocycles. The first-order valence-electron chi connectivity index (χ1n) is 10.9. The van der Waals surface area contributed by atoms with Gasteiger partial charge < -0.3 is 5.11 Å². The number of benzene rings is 4. The van der Waals surface area contributed by atoms with Gasteiger partial charge in [0.2, 0.25) is 0 Å². The summed E-state index contributed by atoms with van der Waals surface area (Å²) in [5, 5.41) is 15.3. The van der Waals surface area contributed by atoms with E-state index in [0.29, 0.717) is 23.7 Å². The Morgan fingerprint density at radius 2 is 1.24 bits per heavy atom. The molecule has 4 atom stereocenters. The molecule has 6 rings (SSSR count). The molecule has 0 bridgehead atoms. The molecular formula is C28H26O. The Kier molecular flexibility index (Phi) is 3.67. The van der Waals surface area contributed by atoms with Crippen LogP contribution in [0.25, 0.3) is 21.5 Å². The molecule has 4 aromatic carbocycles. The highest BCUT2D eigenvalue weighted by molar-refractivity contribution is 5.95. The van der Waals surface area contributed by atoms with Gasteiger partial charge >= 0.3 is 0 Å². The molecule has 2 aliphatic rings. The molecule has 1 nitrogen and oxygen atoms in total. The van der Waals surface area contributed by atoms with E-state index in [4.69, 9.17) is 0 Å². The maximum absolute atomic E-state index is 9.82. The summed E-state index contributed by atoms with van der Waals surface area (Å²) in [5.74, 6) is 2.15. The summed E-state index contributed by atoms with van der Waals surface area (Å²) in [4.78, 5) is 0. The summed E-state index contributed by atoms with van der Waals surface area (Å²) in [7, 11) is 0. The van der Waals surface area contributed by atoms with Crippen molar-refractivity contribution in [3.05, 3.63) is 94.5 Å². The van der Waals surface area contributed by atoms with Crippen LogP contribution in [0.2, 0.25) is 0 Å². The fraction of sp³-hybridized carbons (Fsp3) is 0.286. The summed E-state index contributed by atoms with van der Waals surface area (Å²) in [6.45, 7) is 4.91. The maximum atomic E-state index is 9.82. The van der Waals surface area contributed by atoms with Crippen LogP contribution in [0.15, 0.2) is 66.7 Å². The van der Waals surface area contributed by atoms with Gasteiger partial charge in [-0.1, -0.05) is 80.6 Å². The van der Waals surface area contributed by atoms with Crippen LogP contribution in [0.4, 0.5) is 0 Å². The predicted molar refractivity (Wildman–Crippen MR) is 121 cm³/mol. The molecule has 1 N–H and O–H groups in total. The van der Waals surface area contributed by atoms with Crippen LogP contribution in [0.5, 0.6) is 0 Å². The lowest BCUT2D eigenvalue weighted by Gasteiger charge is -2.26. The highest BCUT2D eigenvalue weighted by Gasteiger charge is 2.38. The number of aliphatic hydroxyl groups is 1. The molecule has 0 radical (unpaired) electrons. The molecule has 144 valence electrons. The summed E-state index contributed by atoms with van der Waals surface area (Å²) in [6, 6.07) is 24.7. The van der Waals surface area contributed by atoms with E-state index < -0.39 is 0 Å². The average molecular weight is 379 g/mol. The third-order valence-corrected chi connectivity index (χ3v) is 7.83. The smallest absolute Gasteiger partial charge is 0.0687 e. The predicted octanol–water partition coefficient (Wildman–Crippen LogP) is 6.98. The lowest BCUT2D eigenvalue weighted by atomic mass is 9.78. The van der Waals surface area contributed by atoms with Gasteiger partial charge in [-0.15, -0.1) is 0 Å². The number of aliphatic hydroxyl groups excluding tert-OH is 1. The monoisotopic (exact) mass is 378 g/mol. The standard InChI is InChI=1S/C28H26O/c1-16-20-8-3-6-18-7-4-10-23(27(18)20)25(16)14-26-17(2)21-13-12-19(15-29)22-9-5-11-24(26)28(21)22/h3-13,16-17,25-26,29H,14-15H2,1-2H3. The van der Waals surface area contributed by atoms with Gasteiger partial charge in [-0.05, 0) is 79.5 Å². The van der Waals surface area contributed by atoms with Gasteiger partial charge in [-0.2, -0.15) is 0 Å². The van der Waals surface area contributed by atoms with Crippen molar-refractivity contribution in [1.82, 2.24) is 0 Å². The molecule has 4 unspecified atom stereocenters. The quantitative estimate of drug-likeness (QED) is 0.408. The topological polar surface area (TPSA) is 20.2 Å². The van der Waals surface area contributed by atoms with Gasteiger partial charge in [0.15, 0.2) is 0 Å². The molecule has 29 heavy (non-hydrogen) atoms. The Bertz CT molecular complexity index is 1260. The Morgan fingerprint density at radius 3 is 1.93 bits per heavy atom. The van der Waals surface area contributed by atoms with Crippen LogP contribution in [-0.2, 0) is 6.61 Å². The first-order chi connectivity index (χ1) is 14.2. The second-order valence-corrected chi connectivity index (χ2v) is 9.06. The Balaban J connectivity index is 1.46. The lowest BCUT2D eigenvalue weighted by Crippen LogP contribution is -2.10. The van der Waals surface area contributed by atoms with Crippen molar-refractivity contribution in [3.8, 4) is 0 Å². The molecule has 4 aromatic rings. The zero-order valence-electron chi connectivity index (χ0n) is 17.0. The van der Waals surface area contributed by atoms with E-state index in [2.05, 4.69) is 80.6 Å². The second kappa shape index (κ2) is 6.18. The fourth-order valence-electron chi connectivity index (χ4n) is 6.35. The van der Waals surface area contributed by atoms with Crippen LogP contribution in [0.1, 0.15) is 71.8 Å². The van der Waals surface area contributed by atoms with Crippen molar-refractivity contribution in [2.24, 2.45) is 0 Å². The van der Waals surface area contributed by atoms with Crippen molar-refractivity contribution in [2.45, 2.75) is 50.5 Å². The Morgan fingerprint density at radius 1 is 0.655 bits per heavy atom. The molecule has 0 fully saturated rings. The van der Waals surface area contributed by atoms with Gasteiger partial charge in [-0.25, -0.2) is 0 Å². The normalized spacial score (nSPS) is 24.7. The minimum Gasteiger partial charge on any atom is -0.392 e. The number of rotatable bonds is 3. The van der Waals surface area contributed by atoms with E-state index in [1.165, 1.54) is 50.2 Å². The van der Waals surface area contributed by atoms with Crippen LogP contribution >= 0.6 is 0 Å². The Hall–Kier alpha value is -2.64. The first-order valence-corrected chi connectivity index (χ1v) is 10.9. The molecule has 0 amide bonds. The molecule has 0 heterocycles. The van der Waals surface area contributed by atoms with Gasteiger partial charge in [-0.3, -0.25) is 0 Å². The maximum Gasteiger partial charge on any atom is 0.0687 e. The van der Waals surface area contributed by atoms with Crippen LogP contribution < -0.4 is 0 Å². The van der Waals surface area contributed by atoms with E-state index in [0.717, 1.165) is 5.56 Å². The van der Waals surface area contributed by atoms with E-state index in [-0.39, 0.29) is 6.61 Å². The number of hydrogen-bond donors (Lipinski definition) is 1. The van der Waals surface area contributed by atoms with Gasteiger partial charge in [0.1, 0.15) is 0 Å². The third kappa shape index (κ3) is 2.25. The van der Waals surface area contributed by atoms with E-state index in [1.54, 1.807) is 0 Å². The molecule has 0 saturated heterocycles. The third-order valence-electron chi connectivity index (χ3n) is 7.83. The summed E-state index contributed by atoms with van der Waals surface area (Å²) in [6.07, 6.45) is 1.18. The van der Waals surface area contributed by atoms with Crippen LogP contribution in [-0.4, -0.2) is 5.11 Å². The molecular weight excluding hydrogens is 352 g/mol. The largest absolute Gasteiger partial charge is 0.392 e. The SMILES string of the molecule is CC1c2cccc3cccc(c23)C1CC1c2cccc3c(CO)ccc(c23)C1C. The second-order valence-electron chi connectivity index (χ2n) is 9.06. The molecule has 0 aromatic heterocycles. The number of hydrogen-bond acceptors (Lipinski definition) is 1. The van der Waals surface area contributed by atoms with Crippen molar-refractivity contribution in [3.63, 3.8) is 0 Å². The van der Waals surface area contributed by atoms with Gasteiger partial charge in [0.25, 0.3) is 0 Å². The Labute approximate surface area is 172 Å². The molecule has 0 aliphatic heterocycles. The van der Waals surface area contributed by atoms with Gasteiger partial charge in [0.05, 0.1) is 6.61 Å². The van der Waals surface area contributed by atoms with Gasteiger partial charge in [0, 0.05) is 0 Å². The summed E-state index contributed by atoms with van der Waals surface area (Å²) >= 11 is 0. The zero-order chi connectivity index (χ0) is 19.7. The van der Waals surface area contributed by atoms with Crippen molar-refractivity contribution < 1.29 is 5.11 Å². The van der Waals surface area contributed by atoms with Crippen molar-refractivity contribution in [1.29, 1.82) is 0 Å². The van der Waals surface area contributed by atoms with Crippen LogP contribution in [0.3, 0.4) is 0 Å². The molecule has 0 saturated carbocycles. The molecule has 0 spiro atoms.